The van der Waals surface area contributed by atoms with Crippen molar-refractivity contribution in [3.05, 3.63) is 47.5 Å². The minimum atomic E-state index is -0.389. The van der Waals surface area contributed by atoms with E-state index in [1.807, 2.05) is 24.3 Å². The van der Waals surface area contributed by atoms with Gasteiger partial charge in [0, 0.05) is 11.0 Å². The molecule has 1 heterocycles. The molecule has 4 rings (SSSR count). The van der Waals surface area contributed by atoms with Gasteiger partial charge in [-0.05, 0) is 30.7 Å². The molecule has 2 aliphatic carbocycles. The monoisotopic (exact) mass is 267 g/mol. The van der Waals surface area contributed by atoms with Gasteiger partial charge in [0.05, 0.1) is 24.8 Å². The number of rotatable bonds is 1. The summed E-state index contributed by atoms with van der Waals surface area (Å²) in [5, 5.41) is 9.17. The highest BCUT2D eigenvalue weighted by atomic mass is 16.7. The zero-order chi connectivity index (χ0) is 13.6. The lowest BCUT2D eigenvalue weighted by molar-refractivity contribution is -0.239. The fourth-order valence-corrected chi connectivity index (χ4v) is 3.94. The summed E-state index contributed by atoms with van der Waals surface area (Å²) in [4.78, 5) is 0. The predicted molar refractivity (Wildman–Crippen MR) is 73.6 cm³/mol. The van der Waals surface area contributed by atoms with Crippen LogP contribution in [-0.4, -0.2) is 13.2 Å². The van der Waals surface area contributed by atoms with Crippen LogP contribution in [0.4, 0.5) is 0 Å². The van der Waals surface area contributed by atoms with Crippen molar-refractivity contribution >= 4 is 0 Å². The molecule has 2 fully saturated rings. The number of nitrogens with zero attached hydrogens (tertiary/aromatic N) is 1. The normalized spacial score (nSPS) is 38.2. The van der Waals surface area contributed by atoms with Crippen LogP contribution in [0.5, 0.6) is 0 Å². The van der Waals surface area contributed by atoms with Gasteiger partial charge in [0.25, 0.3) is 0 Å². The summed E-state index contributed by atoms with van der Waals surface area (Å²) < 4.78 is 12.0. The Morgan fingerprint density at radius 3 is 2.60 bits per heavy atom. The number of ether oxygens (including phenoxy) is 2. The van der Waals surface area contributed by atoms with Crippen LogP contribution in [0.15, 0.2) is 36.4 Å². The molecule has 1 spiro atoms. The van der Waals surface area contributed by atoms with E-state index in [9.17, 15) is 0 Å². The van der Waals surface area contributed by atoms with Crippen molar-refractivity contribution in [2.24, 2.45) is 17.3 Å². The van der Waals surface area contributed by atoms with E-state index in [1.165, 1.54) is 12.8 Å². The lowest BCUT2D eigenvalue weighted by atomic mass is 9.76. The first kappa shape index (κ1) is 12.1. The van der Waals surface area contributed by atoms with Crippen molar-refractivity contribution in [3.63, 3.8) is 0 Å². The van der Waals surface area contributed by atoms with Gasteiger partial charge in [-0.1, -0.05) is 30.4 Å². The fourth-order valence-electron chi connectivity index (χ4n) is 3.94. The van der Waals surface area contributed by atoms with E-state index in [4.69, 9.17) is 14.7 Å². The molecule has 2 bridgehead atoms. The third kappa shape index (κ3) is 1.72. The zero-order valence-corrected chi connectivity index (χ0v) is 11.3. The number of hydrogen-bond donors (Lipinski definition) is 0. The van der Waals surface area contributed by atoms with E-state index in [0.717, 1.165) is 24.7 Å². The van der Waals surface area contributed by atoms with E-state index < -0.39 is 0 Å². The van der Waals surface area contributed by atoms with Gasteiger partial charge in [0.1, 0.15) is 0 Å². The third-order valence-corrected chi connectivity index (χ3v) is 5.01. The van der Waals surface area contributed by atoms with Crippen molar-refractivity contribution in [1.29, 1.82) is 5.26 Å². The third-order valence-electron chi connectivity index (χ3n) is 5.01. The SMILES string of the molecule is N#Cc1ccccc1C1OCC2(CO1)CC1C=CC2C1. The van der Waals surface area contributed by atoms with Crippen molar-refractivity contribution in [2.75, 3.05) is 13.2 Å². The van der Waals surface area contributed by atoms with Crippen molar-refractivity contribution in [1.82, 2.24) is 0 Å². The Hall–Kier alpha value is -1.63. The van der Waals surface area contributed by atoms with Crippen LogP contribution in [0.25, 0.3) is 0 Å². The highest BCUT2D eigenvalue weighted by Crippen LogP contribution is 2.54. The average Bonchev–Trinajstić information content (AvgIpc) is 3.09. The number of benzene rings is 1. The molecule has 0 radical (unpaired) electrons. The Morgan fingerprint density at radius 1 is 1.15 bits per heavy atom. The van der Waals surface area contributed by atoms with Crippen LogP contribution in [0.3, 0.4) is 0 Å². The first-order valence-electron chi connectivity index (χ1n) is 7.21. The summed E-state index contributed by atoms with van der Waals surface area (Å²) in [7, 11) is 0. The number of allylic oxidation sites excluding steroid dienone is 2. The largest absolute Gasteiger partial charge is 0.348 e. The molecule has 3 aliphatic rings. The molecule has 1 saturated heterocycles. The van der Waals surface area contributed by atoms with E-state index >= 15 is 0 Å². The molecule has 0 amide bonds. The van der Waals surface area contributed by atoms with Crippen LogP contribution >= 0.6 is 0 Å². The standard InChI is InChI=1S/C17H17NO2/c18-9-13-3-1-2-4-15(13)16-19-10-17(11-20-16)8-12-5-6-14(17)7-12/h1-6,12,14,16H,7-8,10-11H2. The topological polar surface area (TPSA) is 42.2 Å². The first-order valence-corrected chi connectivity index (χ1v) is 7.21. The van der Waals surface area contributed by atoms with Crippen molar-refractivity contribution in [3.8, 4) is 6.07 Å². The second kappa shape index (κ2) is 4.44. The molecular weight excluding hydrogens is 250 g/mol. The molecule has 0 aromatic heterocycles. The molecule has 0 N–H and O–H groups in total. The van der Waals surface area contributed by atoms with Gasteiger partial charge in [-0.2, -0.15) is 5.26 Å². The van der Waals surface area contributed by atoms with Gasteiger partial charge in [-0.3, -0.25) is 0 Å². The minimum absolute atomic E-state index is 0.178. The smallest absolute Gasteiger partial charge is 0.185 e. The van der Waals surface area contributed by atoms with Crippen molar-refractivity contribution in [2.45, 2.75) is 19.1 Å². The summed E-state index contributed by atoms with van der Waals surface area (Å²) in [6, 6.07) is 9.73. The van der Waals surface area contributed by atoms with Gasteiger partial charge in [-0.15, -0.1) is 0 Å². The summed E-state index contributed by atoms with van der Waals surface area (Å²) >= 11 is 0. The van der Waals surface area contributed by atoms with E-state index in [-0.39, 0.29) is 11.7 Å². The Morgan fingerprint density at radius 2 is 1.95 bits per heavy atom. The molecule has 3 nitrogen and oxygen atoms in total. The zero-order valence-electron chi connectivity index (χ0n) is 11.3. The molecule has 3 heteroatoms. The van der Waals surface area contributed by atoms with Gasteiger partial charge < -0.3 is 9.47 Å². The van der Waals surface area contributed by atoms with E-state index in [1.54, 1.807) is 0 Å². The van der Waals surface area contributed by atoms with Crippen LogP contribution in [-0.2, 0) is 9.47 Å². The average molecular weight is 267 g/mol. The summed E-state index contributed by atoms with van der Waals surface area (Å²) in [5.74, 6) is 1.33. The number of nitriles is 1. The molecular formula is C17H17NO2. The van der Waals surface area contributed by atoms with E-state index in [2.05, 4.69) is 18.2 Å². The Labute approximate surface area is 118 Å². The Kier molecular flexibility index (Phi) is 2.70. The summed E-state index contributed by atoms with van der Waals surface area (Å²) in [6.07, 6.45) is 6.73. The molecule has 1 aromatic rings. The van der Waals surface area contributed by atoms with Gasteiger partial charge in [0.2, 0.25) is 0 Å². The number of hydrogen-bond acceptors (Lipinski definition) is 3. The van der Waals surface area contributed by atoms with Crippen LogP contribution < -0.4 is 0 Å². The Balaban J connectivity index is 1.53. The first-order chi connectivity index (χ1) is 9.81. The van der Waals surface area contributed by atoms with E-state index in [0.29, 0.717) is 11.5 Å². The second-order valence-corrected chi connectivity index (χ2v) is 6.21. The van der Waals surface area contributed by atoms with Crippen LogP contribution in [0, 0.1) is 28.6 Å². The summed E-state index contributed by atoms with van der Waals surface area (Å²) in [5.41, 5.74) is 1.67. The van der Waals surface area contributed by atoms with Crippen LogP contribution in [0.2, 0.25) is 0 Å². The number of fused-ring (bicyclic) bond motifs is 3. The Bertz CT molecular complexity index is 593. The minimum Gasteiger partial charge on any atom is -0.348 e. The highest BCUT2D eigenvalue weighted by Gasteiger charge is 2.51. The second-order valence-electron chi connectivity index (χ2n) is 6.21. The van der Waals surface area contributed by atoms with Gasteiger partial charge in [-0.25, -0.2) is 0 Å². The molecule has 2 atom stereocenters. The molecule has 102 valence electrons. The van der Waals surface area contributed by atoms with Gasteiger partial charge in [0.15, 0.2) is 6.29 Å². The molecule has 20 heavy (non-hydrogen) atoms. The fraction of sp³-hybridized carbons (Fsp3) is 0.471. The summed E-state index contributed by atoms with van der Waals surface area (Å²) in [6.45, 7) is 1.48. The molecule has 2 unspecified atom stereocenters. The maximum Gasteiger partial charge on any atom is 0.185 e. The lowest BCUT2D eigenvalue weighted by Crippen LogP contribution is -2.41. The van der Waals surface area contributed by atoms with Crippen LogP contribution in [0.1, 0.15) is 30.3 Å². The predicted octanol–water partition coefficient (Wildman–Crippen LogP) is 3.19. The highest BCUT2D eigenvalue weighted by molar-refractivity contribution is 5.38. The lowest BCUT2D eigenvalue weighted by Gasteiger charge is -2.41. The molecule has 1 aromatic carbocycles. The maximum atomic E-state index is 9.17. The van der Waals surface area contributed by atoms with Crippen molar-refractivity contribution < 1.29 is 9.47 Å². The maximum absolute atomic E-state index is 9.17. The quantitative estimate of drug-likeness (QED) is 0.734. The van der Waals surface area contributed by atoms with Gasteiger partial charge >= 0.3 is 0 Å². The molecule has 1 aliphatic heterocycles. The molecule has 1 saturated carbocycles.